The van der Waals surface area contributed by atoms with Crippen molar-refractivity contribution in [1.82, 2.24) is 9.97 Å². The van der Waals surface area contributed by atoms with Crippen LogP contribution in [0.3, 0.4) is 0 Å². The van der Waals surface area contributed by atoms with Crippen molar-refractivity contribution in [2.45, 2.75) is 0 Å². The van der Waals surface area contributed by atoms with Crippen LogP contribution in [0.15, 0.2) is 59.4 Å². The Morgan fingerprint density at radius 2 is 1.93 bits per heavy atom. The number of aromatic amines is 1. The first-order valence-electron chi connectivity index (χ1n) is 9.07. The van der Waals surface area contributed by atoms with Crippen molar-refractivity contribution in [3.63, 3.8) is 0 Å². The summed E-state index contributed by atoms with van der Waals surface area (Å²) in [6.45, 7) is 3.49. The number of hydrogen-bond donors (Lipinski definition) is 2. The van der Waals surface area contributed by atoms with Gasteiger partial charge in [-0.2, -0.15) is 11.3 Å². The Morgan fingerprint density at radius 3 is 2.70 bits per heavy atom. The predicted molar refractivity (Wildman–Crippen MR) is 112 cm³/mol. The summed E-state index contributed by atoms with van der Waals surface area (Å²) in [4.78, 5) is 10.4. The lowest BCUT2D eigenvalue weighted by molar-refractivity contribution is 0.122. The Balaban J connectivity index is 1.41. The third-order valence-electron chi connectivity index (χ3n) is 4.89. The second-order valence-electron chi connectivity index (χ2n) is 6.59. The summed E-state index contributed by atoms with van der Waals surface area (Å²) in [7, 11) is 0. The SMILES string of the molecule is c1cc2[nH]c(-c3ccsc3)cc2c(Nc2ccc(N3CCOCC3)cc2)n1. The summed E-state index contributed by atoms with van der Waals surface area (Å²) in [5, 5.41) is 8.80. The molecule has 1 saturated heterocycles. The molecule has 5 nitrogen and oxygen atoms in total. The van der Waals surface area contributed by atoms with Gasteiger partial charge in [-0.25, -0.2) is 4.98 Å². The number of nitrogens with zero attached hydrogens (tertiary/aromatic N) is 2. The van der Waals surface area contributed by atoms with Gasteiger partial charge in [-0.1, -0.05) is 0 Å². The molecule has 4 heterocycles. The molecule has 0 unspecified atom stereocenters. The van der Waals surface area contributed by atoms with Crippen molar-refractivity contribution in [3.8, 4) is 11.3 Å². The monoisotopic (exact) mass is 376 g/mol. The maximum absolute atomic E-state index is 5.43. The highest BCUT2D eigenvalue weighted by atomic mass is 32.1. The Hall–Kier alpha value is -2.83. The molecule has 0 spiro atoms. The van der Waals surface area contributed by atoms with Crippen LogP contribution in [0.1, 0.15) is 0 Å². The molecule has 0 saturated carbocycles. The quantitative estimate of drug-likeness (QED) is 0.533. The molecule has 0 amide bonds. The number of fused-ring (bicyclic) bond motifs is 1. The second-order valence-corrected chi connectivity index (χ2v) is 7.37. The largest absolute Gasteiger partial charge is 0.378 e. The number of morpholine rings is 1. The van der Waals surface area contributed by atoms with E-state index in [1.54, 1.807) is 11.3 Å². The average Bonchev–Trinajstić information content (AvgIpc) is 3.39. The fourth-order valence-corrected chi connectivity index (χ4v) is 4.10. The minimum Gasteiger partial charge on any atom is -0.378 e. The number of thiophene rings is 1. The molecule has 0 radical (unpaired) electrons. The zero-order valence-electron chi connectivity index (χ0n) is 14.8. The smallest absolute Gasteiger partial charge is 0.139 e. The number of pyridine rings is 1. The number of ether oxygens (including phenoxy) is 1. The van der Waals surface area contributed by atoms with Crippen LogP contribution in [0.25, 0.3) is 22.2 Å². The molecule has 136 valence electrons. The Bertz CT molecular complexity index is 1030. The van der Waals surface area contributed by atoms with Crippen LogP contribution in [0.5, 0.6) is 0 Å². The van der Waals surface area contributed by atoms with Crippen LogP contribution >= 0.6 is 11.3 Å². The van der Waals surface area contributed by atoms with Gasteiger partial charge in [-0.15, -0.1) is 0 Å². The molecule has 27 heavy (non-hydrogen) atoms. The number of anilines is 3. The molecule has 2 N–H and O–H groups in total. The maximum Gasteiger partial charge on any atom is 0.139 e. The Morgan fingerprint density at radius 1 is 1.07 bits per heavy atom. The normalized spacial score (nSPS) is 14.6. The standard InChI is InChI=1S/C21H20N4OS/c1-3-17(25-8-10-26-11-9-25)4-2-16(1)23-21-18-13-20(15-6-12-27-14-15)24-19(18)5-7-22-21/h1-7,12-14,24H,8-11H2,(H,22,23). The van der Waals surface area contributed by atoms with Crippen molar-refractivity contribution in [3.05, 3.63) is 59.4 Å². The molecule has 3 aromatic heterocycles. The summed E-state index contributed by atoms with van der Waals surface area (Å²) >= 11 is 1.70. The van der Waals surface area contributed by atoms with Gasteiger partial charge in [0.25, 0.3) is 0 Å². The molecule has 0 aliphatic carbocycles. The zero-order valence-corrected chi connectivity index (χ0v) is 15.6. The lowest BCUT2D eigenvalue weighted by atomic mass is 10.2. The highest BCUT2D eigenvalue weighted by molar-refractivity contribution is 7.08. The van der Waals surface area contributed by atoms with Crippen LogP contribution in [-0.4, -0.2) is 36.3 Å². The first-order valence-corrected chi connectivity index (χ1v) is 10.0. The molecule has 1 fully saturated rings. The van der Waals surface area contributed by atoms with E-state index in [-0.39, 0.29) is 0 Å². The molecular formula is C21H20N4OS. The number of H-pyrrole nitrogens is 1. The van der Waals surface area contributed by atoms with Crippen LogP contribution in [0.2, 0.25) is 0 Å². The minimum absolute atomic E-state index is 0.797. The van der Waals surface area contributed by atoms with Gasteiger partial charge in [-0.3, -0.25) is 0 Å². The van der Waals surface area contributed by atoms with Gasteiger partial charge >= 0.3 is 0 Å². The van der Waals surface area contributed by atoms with Crippen LogP contribution in [0, 0.1) is 0 Å². The highest BCUT2D eigenvalue weighted by Gasteiger charge is 2.12. The molecule has 0 bridgehead atoms. The number of benzene rings is 1. The fourth-order valence-electron chi connectivity index (χ4n) is 3.44. The van der Waals surface area contributed by atoms with Crippen LogP contribution in [-0.2, 0) is 4.74 Å². The summed E-state index contributed by atoms with van der Waals surface area (Å²) in [5.74, 6) is 0.865. The van der Waals surface area contributed by atoms with E-state index in [2.05, 4.69) is 67.3 Å². The number of hydrogen-bond acceptors (Lipinski definition) is 5. The average molecular weight is 376 g/mol. The van der Waals surface area contributed by atoms with E-state index in [1.807, 2.05) is 12.3 Å². The summed E-state index contributed by atoms with van der Waals surface area (Å²) in [6.07, 6.45) is 1.83. The maximum atomic E-state index is 5.43. The van der Waals surface area contributed by atoms with Gasteiger partial charge in [0.1, 0.15) is 5.82 Å². The number of rotatable bonds is 4. The second kappa shape index (κ2) is 7.06. The van der Waals surface area contributed by atoms with Crippen molar-refractivity contribution >= 4 is 39.4 Å². The van der Waals surface area contributed by atoms with Gasteiger partial charge in [0.05, 0.1) is 18.7 Å². The van der Waals surface area contributed by atoms with E-state index in [0.29, 0.717) is 0 Å². The first kappa shape index (κ1) is 16.4. The molecule has 4 aromatic rings. The van der Waals surface area contributed by atoms with Crippen molar-refractivity contribution in [2.75, 3.05) is 36.5 Å². The van der Waals surface area contributed by atoms with Gasteiger partial charge in [0, 0.05) is 52.7 Å². The molecule has 5 rings (SSSR count). The summed E-state index contributed by atoms with van der Waals surface area (Å²) < 4.78 is 5.43. The third kappa shape index (κ3) is 3.29. The topological polar surface area (TPSA) is 53.2 Å². The number of aromatic nitrogens is 2. The van der Waals surface area contributed by atoms with Gasteiger partial charge in [-0.05, 0) is 47.8 Å². The molecular weight excluding hydrogens is 356 g/mol. The zero-order chi connectivity index (χ0) is 18.1. The van der Waals surface area contributed by atoms with Crippen molar-refractivity contribution in [2.24, 2.45) is 0 Å². The first-order chi connectivity index (χ1) is 13.4. The van der Waals surface area contributed by atoms with Gasteiger partial charge in [0.2, 0.25) is 0 Å². The van der Waals surface area contributed by atoms with Gasteiger partial charge in [0.15, 0.2) is 0 Å². The fraction of sp³-hybridized carbons (Fsp3) is 0.190. The van der Waals surface area contributed by atoms with E-state index < -0.39 is 0 Å². The molecule has 0 atom stereocenters. The van der Waals surface area contributed by atoms with E-state index in [0.717, 1.165) is 54.4 Å². The summed E-state index contributed by atoms with van der Waals surface area (Å²) in [6, 6.07) is 14.8. The Labute approximate surface area is 161 Å². The van der Waals surface area contributed by atoms with Crippen LogP contribution in [0.4, 0.5) is 17.2 Å². The van der Waals surface area contributed by atoms with Crippen molar-refractivity contribution in [1.29, 1.82) is 0 Å². The molecule has 1 aromatic carbocycles. The lowest BCUT2D eigenvalue weighted by Gasteiger charge is -2.28. The summed E-state index contributed by atoms with van der Waals surface area (Å²) in [5.41, 5.74) is 5.67. The van der Waals surface area contributed by atoms with E-state index in [9.17, 15) is 0 Å². The number of nitrogens with one attached hydrogen (secondary N) is 2. The highest BCUT2D eigenvalue weighted by Crippen LogP contribution is 2.30. The predicted octanol–water partition coefficient (Wildman–Crippen LogP) is 4.87. The molecule has 6 heteroatoms. The third-order valence-corrected chi connectivity index (χ3v) is 5.57. The minimum atomic E-state index is 0.797. The van der Waals surface area contributed by atoms with Crippen LogP contribution < -0.4 is 10.2 Å². The van der Waals surface area contributed by atoms with E-state index >= 15 is 0 Å². The van der Waals surface area contributed by atoms with E-state index in [1.165, 1.54) is 11.3 Å². The van der Waals surface area contributed by atoms with E-state index in [4.69, 9.17) is 4.74 Å². The molecule has 1 aliphatic heterocycles. The lowest BCUT2D eigenvalue weighted by Crippen LogP contribution is -2.36. The van der Waals surface area contributed by atoms with Gasteiger partial charge < -0.3 is 19.9 Å². The Kier molecular flexibility index (Phi) is 4.27. The van der Waals surface area contributed by atoms with Crippen molar-refractivity contribution < 1.29 is 4.74 Å². The molecule has 1 aliphatic rings.